The van der Waals surface area contributed by atoms with Gasteiger partial charge in [0.15, 0.2) is 41.5 Å². The number of benzene rings is 1. The third kappa shape index (κ3) is 5.47. The van der Waals surface area contributed by atoms with Crippen molar-refractivity contribution in [2.45, 2.75) is 39.2 Å². The van der Waals surface area contributed by atoms with Gasteiger partial charge in [-0.25, -0.2) is 26.5 Å². The van der Waals surface area contributed by atoms with E-state index in [0.717, 1.165) is 0 Å². The second kappa shape index (κ2) is 9.85. The maximum atomic E-state index is 12.1. The lowest BCUT2D eigenvalue weighted by atomic mass is 10.2. The average Bonchev–Trinajstić information content (AvgIpc) is 2.62. The van der Waals surface area contributed by atoms with Crippen molar-refractivity contribution in [2.24, 2.45) is 0 Å². The van der Waals surface area contributed by atoms with Gasteiger partial charge in [0.05, 0.1) is 0 Å². The zero-order valence-electron chi connectivity index (χ0n) is 13.2. The highest BCUT2D eigenvalue weighted by Gasteiger charge is 2.20. The fourth-order valence-corrected chi connectivity index (χ4v) is 1.89. The van der Waals surface area contributed by atoms with Crippen LogP contribution in [0.1, 0.15) is 32.6 Å². The van der Waals surface area contributed by atoms with Crippen LogP contribution in [0.25, 0.3) is 0 Å². The van der Waals surface area contributed by atoms with Crippen LogP contribution in [0.5, 0.6) is 5.75 Å². The summed E-state index contributed by atoms with van der Waals surface area (Å²) in [6.45, 7) is 3.41. The van der Waals surface area contributed by atoms with Gasteiger partial charge in [-0.1, -0.05) is 25.8 Å². The van der Waals surface area contributed by atoms with Gasteiger partial charge in [0.25, 0.3) is 0 Å². The van der Waals surface area contributed by atoms with Crippen LogP contribution in [0.2, 0.25) is 0 Å². The summed E-state index contributed by atoms with van der Waals surface area (Å²) in [5, 5.41) is 10.2. The van der Waals surface area contributed by atoms with Crippen molar-refractivity contribution in [3.8, 4) is 5.75 Å². The van der Waals surface area contributed by atoms with Crippen molar-refractivity contribution < 1.29 is 31.6 Å². The zero-order valence-corrected chi connectivity index (χ0v) is 13.2. The van der Waals surface area contributed by atoms with Gasteiger partial charge in [0.2, 0.25) is 0 Å². The largest absolute Gasteiger partial charge is 0.868 e. The van der Waals surface area contributed by atoms with E-state index in [1.54, 1.807) is 0 Å². The van der Waals surface area contributed by atoms with Crippen molar-refractivity contribution in [3.05, 3.63) is 59.7 Å². The predicted molar refractivity (Wildman–Crippen MR) is 76.5 cm³/mol. The third-order valence-corrected chi connectivity index (χ3v) is 3.22. The summed E-state index contributed by atoms with van der Waals surface area (Å²) in [4.78, 5) is 0. The van der Waals surface area contributed by atoms with Crippen molar-refractivity contribution in [1.29, 1.82) is 0 Å². The summed E-state index contributed by atoms with van der Waals surface area (Å²) in [6.07, 6.45) is 9.62. The van der Waals surface area contributed by atoms with Crippen LogP contribution in [0, 0.1) is 29.1 Å². The third-order valence-electron chi connectivity index (χ3n) is 3.22. The maximum absolute atomic E-state index is 12.1. The molecule has 0 fully saturated rings. The molecule has 24 heavy (non-hydrogen) atoms. The Morgan fingerprint density at radius 1 is 0.750 bits per heavy atom. The SMILES string of the molecule is CCCCCC[n+]1ccccc1.[O-]c1c(F)c(F)c(F)c(F)c1F. The molecule has 1 aromatic heterocycles. The Bertz CT molecular complexity index is 544. The molecule has 0 saturated carbocycles. The van der Waals surface area contributed by atoms with Crippen LogP contribution in [0.3, 0.4) is 0 Å². The van der Waals surface area contributed by atoms with Crippen molar-refractivity contribution in [3.63, 3.8) is 0 Å². The molecule has 0 bridgehead atoms. The highest BCUT2D eigenvalue weighted by molar-refractivity contribution is 5.26. The molecular formula is C17H18F5NO. The lowest BCUT2D eigenvalue weighted by Crippen LogP contribution is -2.32. The molecule has 0 aliphatic heterocycles. The second-order valence-electron chi connectivity index (χ2n) is 5.07. The van der Waals surface area contributed by atoms with E-state index in [9.17, 15) is 27.1 Å². The lowest BCUT2D eigenvalue weighted by molar-refractivity contribution is -0.697. The number of pyridine rings is 1. The molecule has 0 aliphatic rings. The monoisotopic (exact) mass is 347 g/mol. The topological polar surface area (TPSA) is 26.9 Å². The van der Waals surface area contributed by atoms with Crippen LogP contribution in [-0.2, 0) is 6.54 Å². The molecule has 1 aromatic carbocycles. The van der Waals surface area contributed by atoms with E-state index in [1.807, 2.05) is 0 Å². The number of hydrogen-bond donors (Lipinski definition) is 0. The summed E-state index contributed by atoms with van der Waals surface area (Å²) in [5.74, 6) is -13.6. The first-order valence-corrected chi connectivity index (χ1v) is 7.52. The summed E-state index contributed by atoms with van der Waals surface area (Å²) in [7, 11) is 0. The number of aromatic nitrogens is 1. The molecule has 0 aliphatic carbocycles. The van der Waals surface area contributed by atoms with Gasteiger partial charge in [-0.3, -0.25) is 0 Å². The van der Waals surface area contributed by atoms with Crippen molar-refractivity contribution in [1.82, 2.24) is 0 Å². The Balaban J connectivity index is 0.000000240. The normalized spacial score (nSPS) is 10.2. The van der Waals surface area contributed by atoms with Crippen molar-refractivity contribution >= 4 is 0 Å². The fourth-order valence-electron chi connectivity index (χ4n) is 1.89. The van der Waals surface area contributed by atoms with Gasteiger partial charge >= 0.3 is 0 Å². The molecule has 0 N–H and O–H groups in total. The van der Waals surface area contributed by atoms with Crippen LogP contribution in [0.4, 0.5) is 22.0 Å². The first kappa shape index (κ1) is 19.9. The molecule has 0 radical (unpaired) electrons. The maximum Gasteiger partial charge on any atom is 0.200 e. The van der Waals surface area contributed by atoms with E-state index in [0.29, 0.717) is 0 Å². The van der Waals surface area contributed by atoms with E-state index in [-0.39, 0.29) is 0 Å². The minimum absolute atomic E-state index is 1.17. The summed E-state index contributed by atoms with van der Waals surface area (Å²) in [5.41, 5.74) is 0. The number of unbranched alkanes of at least 4 members (excludes halogenated alkanes) is 3. The molecule has 0 saturated heterocycles. The molecule has 2 nitrogen and oxygen atoms in total. The Kier molecular flexibility index (Phi) is 8.15. The fraction of sp³-hybridized carbons (Fsp3) is 0.353. The molecular weight excluding hydrogens is 329 g/mol. The van der Waals surface area contributed by atoms with Crippen LogP contribution in [0.15, 0.2) is 30.6 Å². The summed E-state index contributed by atoms with van der Waals surface area (Å²) < 4.78 is 62.7. The number of hydrogen-bond acceptors (Lipinski definition) is 1. The quantitative estimate of drug-likeness (QED) is 0.264. The van der Waals surface area contributed by atoms with Crippen LogP contribution < -0.4 is 9.67 Å². The number of nitrogens with zero attached hydrogens (tertiary/aromatic N) is 1. The Morgan fingerprint density at radius 3 is 1.75 bits per heavy atom. The van der Waals surface area contributed by atoms with E-state index >= 15 is 0 Å². The lowest BCUT2D eigenvalue weighted by Gasteiger charge is -2.09. The van der Waals surface area contributed by atoms with Crippen molar-refractivity contribution in [2.75, 3.05) is 0 Å². The molecule has 0 spiro atoms. The average molecular weight is 347 g/mol. The Labute approximate surface area is 137 Å². The van der Waals surface area contributed by atoms with E-state index < -0.39 is 34.8 Å². The molecule has 7 heteroatoms. The van der Waals surface area contributed by atoms with Gasteiger partial charge < -0.3 is 5.11 Å². The molecule has 2 aromatic rings. The van der Waals surface area contributed by atoms with Gasteiger partial charge in [0, 0.05) is 18.6 Å². The molecule has 0 amide bonds. The first-order chi connectivity index (χ1) is 11.4. The minimum Gasteiger partial charge on any atom is -0.868 e. The molecule has 0 unspecified atom stereocenters. The van der Waals surface area contributed by atoms with Crippen LogP contribution >= 0.6 is 0 Å². The summed E-state index contributed by atoms with van der Waals surface area (Å²) >= 11 is 0. The Morgan fingerprint density at radius 2 is 1.25 bits per heavy atom. The zero-order chi connectivity index (χ0) is 18.1. The Hall–Kier alpha value is -2.18. The van der Waals surface area contributed by atoms with E-state index in [1.165, 1.54) is 32.2 Å². The van der Waals surface area contributed by atoms with Gasteiger partial charge in [-0.05, 0) is 12.2 Å². The number of aryl methyl sites for hydroxylation is 1. The molecule has 2 rings (SSSR count). The van der Waals surface area contributed by atoms with E-state index in [4.69, 9.17) is 0 Å². The van der Waals surface area contributed by atoms with Gasteiger partial charge in [-0.2, -0.15) is 0 Å². The highest BCUT2D eigenvalue weighted by Crippen LogP contribution is 2.25. The molecule has 132 valence electrons. The number of halogens is 5. The van der Waals surface area contributed by atoms with E-state index in [2.05, 4.69) is 42.1 Å². The van der Waals surface area contributed by atoms with Crippen LogP contribution in [-0.4, -0.2) is 0 Å². The molecule has 0 atom stereocenters. The highest BCUT2D eigenvalue weighted by atomic mass is 19.2. The standard InChI is InChI=1S/C11H18N.C6HF5O/c1-2-3-4-6-9-12-10-7-5-8-11-12;7-1-2(8)4(10)6(12)5(11)3(1)9/h5,7-8,10-11H,2-4,6,9H2,1H3;12H/q+1;/p-1. The van der Waals surface area contributed by atoms with Gasteiger partial charge in [0.1, 0.15) is 6.54 Å². The second-order valence-corrected chi connectivity index (χ2v) is 5.07. The van der Waals surface area contributed by atoms with Gasteiger partial charge in [-0.15, -0.1) is 0 Å². The predicted octanol–water partition coefficient (Wildman–Crippen LogP) is 4.01. The minimum atomic E-state index is -2.33. The number of rotatable bonds is 5. The smallest absolute Gasteiger partial charge is 0.200 e. The first-order valence-electron chi connectivity index (χ1n) is 7.52. The molecule has 1 heterocycles. The summed E-state index contributed by atoms with van der Waals surface area (Å²) in [6, 6.07) is 6.22.